The van der Waals surface area contributed by atoms with Crippen LogP contribution >= 0.6 is 0 Å². The molecule has 0 aromatic heterocycles. The number of amides is 1. The van der Waals surface area contributed by atoms with Crippen molar-refractivity contribution in [1.82, 2.24) is 10.2 Å². The molecule has 1 rings (SSSR count). The first-order valence-electron chi connectivity index (χ1n) is 5.92. The van der Waals surface area contributed by atoms with Crippen molar-refractivity contribution < 1.29 is 9.59 Å². The molecule has 1 atom stereocenters. The van der Waals surface area contributed by atoms with Gasteiger partial charge in [0.25, 0.3) is 0 Å². The topological polar surface area (TPSA) is 49.4 Å². The fourth-order valence-corrected chi connectivity index (χ4v) is 1.83. The van der Waals surface area contributed by atoms with Crippen molar-refractivity contribution in [2.45, 2.75) is 45.7 Å². The first-order chi connectivity index (χ1) is 7.41. The third-order valence-electron chi connectivity index (χ3n) is 2.98. The Morgan fingerprint density at radius 1 is 1.38 bits per heavy atom. The van der Waals surface area contributed by atoms with Crippen LogP contribution < -0.4 is 5.32 Å². The van der Waals surface area contributed by atoms with E-state index in [4.69, 9.17) is 0 Å². The molecule has 92 valence electrons. The summed E-state index contributed by atoms with van der Waals surface area (Å²) < 4.78 is 0. The first kappa shape index (κ1) is 13.2. The molecule has 16 heavy (non-hydrogen) atoms. The molecule has 1 unspecified atom stereocenters. The van der Waals surface area contributed by atoms with Gasteiger partial charge in [0.1, 0.15) is 0 Å². The number of hydrogen-bond donors (Lipinski definition) is 1. The van der Waals surface area contributed by atoms with Crippen LogP contribution in [0.25, 0.3) is 0 Å². The molecule has 1 aliphatic rings. The van der Waals surface area contributed by atoms with Crippen LogP contribution in [0.5, 0.6) is 0 Å². The number of ketones is 1. The summed E-state index contributed by atoms with van der Waals surface area (Å²) in [4.78, 5) is 25.1. The molecule has 0 aromatic carbocycles. The third kappa shape index (κ3) is 3.93. The Balaban J connectivity index is 2.38. The molecule has 1 aliphatic carbocycles. The summed E-state index contributed by atoms with van der Waals surface area (Å²) in [6.45, 7) is 5.80. The lowest BCUT2D eigenvalue weighted by molar-refractivity contribution is -0.128. The lowest BCUT2D eigenvalue weighted by Crippen LogP contribution is -2.47. The van der Waals surface area contributed by atoms with Gasteiger partial charge in [-0.1, -0.05) is 13.8 Å². The molecule has 0 bridgehead atoms. The summed E-state index contributed by atoms with van der Waals surface area (Å²) in [5.74, 6) is 0.119. The average Bonchev–Trinajstić information content (AvgIpc) is 2.95. The molecule has 0 saturated heterocycles. The molecule has 4 nitrogen and oxygen atoms in total. The number of hydrogen-bond acceptors (Lipinski definition) is 3. The standard InChI is InChI=1S/C12H22N2O2/c1-8(2)12(9(3)15)13-11(16)7-14(4)10-5-6-10/h8,10,12H,5-7H2,1-4H3,(H,13,16). The molecule has 1 fully saturated rings. The highest BCUT2D eigenvalue weighted by molar-refractivity contribution is 5.88. The largest absolute Gasteiger partial charge is 0.345 e. The normalized spacial score (nSPS) is 17.6. The number of rotatable bonds is 6. The second kappa shape index (κ2) is 5.43. The third-order valence-corrected chi connectivity index (χ3v) is 2.98. The van der Waals surface area contributed by atoms with Crippen molar-refractivity contribution in [3.05, 3.63) is 0 Å². The zero-order valence-corrected chi connectivity index (χ0v) is 10.6. The SMILES string of the molecule is CC(=O)C(NC(=O)CN(C)C1CC1)C(C)C. The molecule has 0 spiro atoms. The van der Waals surface area contributed by atoms with Crippen LogP contribution in [0.3, 0.4) is 0 Å². The summed E-state index contributed by atoms with van der Waals surface area (Å²) in [6.07, 6.45) is 2.37. The molecule has 1 N–H and O–H groups in total. The minimum Gasteiger partial charge on any atom is -0.345 e. The van der Waals surface area contributed by atoms with E-state index in [-0.39, 0.29) is 23.7 Å². The predicted molar refractivity (Wildman–Crippen MR) is 63.1 cm³/mol. The molecule has 1 saturated carbocycles. The first-order valence-corrected chi connectivity index (χ1v) is 5.92. The average molecular weight is 226 g/mol. The van der Waals surface area contributed by atoms with Crippen LogP contribution in [0.4, 0.5) is 0 Å². The van der Waals surface area contributed by atoms with Crippen LogP contribution in [0.1, 0.15) is 33.6 Å². The Hall–Kier alpha value is -0.900. The van der Waals surface area contributed by atoms with Gasteiger partial charge in [-0.2, -0.15) is 0 Å². The highest BCUT2D eigenvalue weighted by Gasteiger charge is 2.28. The zero-order valence-electron chi connectivity index (χ0n) is 10.6. The number of carbonyl (C=O) groups is 2. The number of likely N-dealkylation sites (N-methyl/N-ethyl adjacent to an activating group) is 1. The Bertz CT molecular complexity index is 272. The Morgan fingerprint density at radius 2 is 1.94 bits per heavy atom. The van der Waals surface area contributed by atoms with E-state index < -0.39 is 0 Å². The van der Waals surface area contributed by atoms with Crippen molar-refractivity contribution >= 4 is 11.7 Å². The minimum atomic E-state index is -0.347. The van der Waals surface area contributed by atoms with Crippen molar-refractivity contribution in [2.24, 2.45) is 5.92 Å². The second-order valence-corrected chi connectivity index (χ2v) is 5.05. The highest BCUT2D eigenvalue weighted by Crippen LogP contribution is 2.24. The van der Waals surface area contributed by atoms with Gasteiger partial charge >= 0.3 is 0 Å². The summed E-state index contributed by atoms with van der Waals surface area (Å²) in [7, 11) is 1.95. The van der Waals surface area contributed by atoms with Crippen LogP contribution in [-0.2, 0) is 9.59 Å². The van der Waals surface area contributed by atoms with E-state index in [0.29, 0.717) is 12.6 Å². The van der Waals surface area contributed by atoms with Gasteiger partial charge in [-0.15, -0.1) is 0 Å². The van der Waals surface area contributed by atoms with Crippen molar-refractivity contribution in [3.8, 4) is 0 Å². The smallest absolute Gasteiger partial charge is 0.234 e. The molecular weight excluding hydrogens is 204 g/mol. The van der Waals surface area contributed by atoms with Crippen LogP contribution in [0.2, 0.25) is 0 Å². The minimum absolute atomic E-state index is 0.0254. The second-order valence-electron chi connectivity index (χ2n) is 5.05. The predicted octanol–water partition coefficient (Wildman–Crippen LogP) is 0.810. The van der Waals surface area contributed by atoms with Gasteiger partial charge in [0.15, 0.2) is 5.78 Å². The monoisotopic (exact) mass is 226 g/mol. The molecular formula is C12H22N2O2. The van der Waals surface area contributed by atoms with Crippen molar-refractivity contribution in [1.29, 1.82) is 0 Å². The number of carbonyl (C=O) groups excluding carboxylic acids is 2. The number of nitrogens with one attached hydrogen (secondary N) is 1. The van der Waals surface area contributed by atoms with E-state index >= 15 is 0 Å². The van der Waals surface area contributed by atoms with Crippen LogP contribution in [0, 0.1) is 5.92 Å². The van der Waals surface area contributed by atoms with E-state index in [2.05, 4.69) is 5.32 Å². The summed E-state index contributed by atoms with van der Waals surface area (Å²) in [6, 6.07) is 0.223. The van der Waals surface area contributed by atoms with Gasteiger partial charge in [0, 0.05) is 6.04 Å². The van der Waals surface area contributed by atoms with E-state index in [1.807, 2.05) is 25.8 Å². The Kier molecular flexibility index (Phi) is 4.47. The quantitative estimate of drug-likeness (QED) is 0.729. The van der Waals surface area contributed by atoms with Gasteiger partial charge in [0.05, 0.1) is 12.6 Å². The van der Waals surface area contributed by atoms with E-state index in [1.54, 1.807) is 0 Å². The highest BCUT2D eigenvalue weighted by atomic mass is 16.2. The molecule has 0 heterocycles. The van der Waals surface area contributed by atoms with Gasteiger partial charge in [-0.25, -0.2) is 0 Å². The van der Waals surface area contributed by atoms with E-state index in [9.17, 15) is 9.59 Å². The zero-order chi connectivity index (χ0) is 12.3. The fourth-order valence-electron chi connectivity index (χ4n) is 1.83. The maximum Gasteiger partial charge on any atom is 0.234 e. The molecule has 0 aliphatic heterocycles. The van der Waals surface area contributed by atoms with Crippen molar-refractivity contribution in [3.63, 3.8) is 0 Å². The van der Waals surface area contributed by atoms with E-state index in [0.717, 1.165) is 0 Å². The summed E-state index contributed by atoms with van der Waals surface area (Å²) in [5.41, 5.74) is 0. The summed E-state index contributed by atoms with van der Waals surface area (Å²) in [5, 5.41) is 2.80. The van der Waals surface area contributed by atoms with Gasteiger partial charge in [0.2, 0.25) is 5.91 Å². The van der Waals surface area contributed by atoms with Crippen LogP contribution in [0.15, 0.2) is 0 Å². The Morgan fingerprint density at radius 3 is 2.31 bits per heavy atom. The van der Waals surface area contributed by atoms with Crippen molar-refractivity contribution in [2.75, 3.05) is 13.6 Å². The fraction of sp³-hybridized carbons (Fsp3) is 0.833. The lowest BCUT2D eigenvalue weighted by Gasteiger charge is -2.21. The van der Waals surface area contributed by atoms with Gasteiger partial charge < -0.3 is 5.32 Å². The maximum atomic E-state index is 11.7. The van der Waals surface area contributed by atoms with Gasteiger partial charge in [-0.3, -0.25) is 14.5 Å². The Labute approximate surface area is 97.4 Å². The summed E-state index contributed by atoms with van der Waals surface area (Å²) >= 11 is 0. The molecule has 4 heteroatoms. The van der Waals surface area contributed by atoms with E-state index in [1.165, 1.54) is 19.8 Å². The molecule has 1 amide bonds. The molecule has 0 radical (unpaired) electrons. The lowest BCUT2D eigenvalue weighted by atomic mass is 10.0. The molecule has 0 aromatic rings. The number of Topliss-reactive ketones (excluding diaryl/α,β-unsaturated/α-hetero) is 1. The van der Waals surface area contributed by atoms with Crippen LogP contribution in [-0.4, -0.2) is 42.3 Å². The maximum absolute atomic E-state index is 11.7. The number of nitrogens with zero attached hydrogens (tertiary/aromatic N) is 1. The van der Waals surface area contributed by atoms with Gasteiger partial charge in [-0.05, 0) is 32.7 Å².